The number of nitrogens with zero attached hydrogens (tertiary/aromatic N) is 1. The Morgan fingerprint density at radius 1 is 1.07 bits per heavy atom. The van der Waals surface area contributed by atoms with Crippen molar-refractivity contribution in [1.82, 2.24) is 3.97 Å². The molecule has 0 bridgehead atoms. The van der Waals surface area contributed by atoms with E-state index in [1.807, 2.05) is 0 Å². The topological polar surface area (TPSA) is 94.2 Å². The number of hydrogen-bond donors (Lipinski definition) is 2. The van der Waals surface area contributed by atoms with E-state index in [1.54, 1.807) is 42.5 Å². The molecule has 1 amide bonds. The van der Waals surface area contributed by atoms with Crippen molar-refractivity contribution in [3.63, 3.8) is 0 Å². The Morgan fingerprint density at radius 3 is 2.48 bits per heavy atom. The molecule has 0 atom stereocenters. The van der Waals surface area contributed by atoms with E-state index in [0.717, 1.165) is 8.45 Å². The molecule has 6 nitrogen and oxygen atoms in total. The summed E-state index contributed by atoms with van der Waals surface area (Å²) in [5, 5.41) is 2.67. The van der Waals surface area contributed by atoms with Crippen LogP contribution in [0.4, 0.5) is 11.4 Å². The monoisotopic (exact) mass is 445 g/mol. The van der Waals surface area contributed by atoms with Crippen molar-refractivity contribution < 1.29 is 13.2 Å². The quantitative estimate of drug-likeness (QED) is 0.462. The van der Waals surface area contributed by atoms with Crippen molar-refractivity contribution in [2.24, 2.45) is 0 Å². The van der Waals surface area contributed by atoms with Gasteiger partial charge < -0.3 is 11.1 Å². The van der Waals surface area contributed by atoms with E-state index in [1.165, 1.54) is 36.7 Å². The van der Waals surface area contributed by atoms with Crippen LogP contribution in [0.5, 0.6) is 0 Å². The average molecular weight is 446 g/mol. The lowest BCUT2D eigenvalue weighted by Crippen LogP contribution is -2.10. The van der Waals surface area contributed by atoms with Gasteiger partial charge in [-0.15, -0.1) is 0 Å². The van der Waals surface area contributed by atoms with Gasteiger partial charge in [0.15, 0.2) is 0 Å². The maximum absolute atomic E-state index is 12.6. The smallest absolute Gasteiger partial charge is 0.267 e. The second-order valence-electron chi connectivity index (χ2n) is 5.64. The van der Waals surface area contributed by atoms with Crippen molar-refractivity contribution in [1.29, 1.82) is 0 Å². The van der Waals surface area contributed by atoms with Crippen molar-refractivity contribution in [2.45, 2.75) is 4.90 Å². The molecule has 27 heavy (non-hydrogen) atoms. The molecule has 138 valence electrons. The third-order valence-corrected chi connectivity index (χ3v) is 5.90. The van der Waals surface area contributed by atoms with E-state index in [-0.39, 0.29) is 10.8 Å². The maximum atomic E-state index is 12.6. The number of aromatic nitrogens is 1. The molecule has 3 aromatic rings. The van der Waals surface area contributed by atoms with E-state index < -0.39 is 10.0 Å². The molecule has 0 aliphatic rings. The first-order valence-electron chi connectivity index (χ1n) is 7.89. The standard InChI is InChI=1S/C19H16BrN3O3S/c20-15-6-8-16(9-7-15)27(25,26)23-12-11-14(13-23)5-10-19(24)22-18-4-2-1-3-17(18)21/h1-13H,21H2,(H,22,24)/b10-5+. The molecule has 3 rings (SSSR count). The Bertz CT molecular complexity index is 1100. The van der Waals surface area contributed by atoms with Crippen LogP contribution in [0.1, 0.15) is 5.56 Å². The van der Waals surface area contributed by atoms with E-state index in [0.29, 0.717) is 16.9 Å². The van der Waals surface area contributed by atoms with Gasteiger partial charge in [-0.2, -0.15) is 0 Å². The fourth-order valence-corrected chi connectivity index (χ4v) is 3.80. The molecule has 8 heteroatoms. The number of anilines is 2. The van der Waals surface area contributed by atoms with Crippen molar-refractivity contribution in [2.75, 3.05) is 11.1 Å². The van der Waals surface area contributed by atoms with E-state index >= 15 is 0 Å². The summed E-state index contributed by atoms with van der Waals surface area (Å²) in [6, 6.07) is 14.9. The van der Waals surface area contributed by atoms with Gasteiger partial charge in [-0.05, 0) is 54.1 Å². The van der Waals surface area contributed by atoms with Gasteiger partial charge >= 0.3 is 0 Å². The Kier molecular flexibility index (Phi) is 5.48. The van der Waals surface area contributed by atoms with Gasteiger partial charge in [-0.25, -0.2) is 12.4 Å². The summed E-state index contributed by atoms with van der Waals surface area (Å²) < 4.78 is 27.1. The molecule has 0 aliphatic heterocycles. The van der Waals surface area contributed by atoms with Gasteiger partial charge in [0.05, 0.1) is 16.3 Å². The lowest BCUT2D eigenvalue weighted by molar-refractivity contribution is -0.111. The van der Waals surface area contributed by atoms with Crippen molar-refractivity contribution in [3.05, 3.63) is 83.1 Å². The van der Waals surface area contributed by atoms with Crippen molar-refractivity contribution >= 4 is 49.3 Å². The zero-order chi connectivity index (χ0) is 19.4. The summed E-state index contributed by atoms with van der Waals surface area (Å²) in [5.41, 5.74) is 7.34. The number of halogens is 1. The molecule has 3 N–H and O–H groups in total. The fourth-order valence-electron chi connectivity index (χ4n) is 2.33. The zero-order valence-corrected chi connectivity index (χ0v) is 16.4. The van der Waals surface area contributed by atoms with Crippen molar-refractivity contribution in [3.8, 4) is 0 Å². The number of rotatable bonds is 5. The molecule has 0 aliphatic carbocycles. The Morgan fingerprint density at radius 2 is 1.78 bits per heavy atom. The minimum absolute atomic E-state index is 0.175. The van der Waals surface area contributed by atoms with E-state index in [4.69, 9.17) is 5.73 Å². The number of nitrogens with one attached hydrogen (secondary N) is 1. The minimum Gasteiger partial charge on any atom is -0.397 e. The summed E-state index contributed by atoms with van der Waals surface area (Å²) in [7, 11) is -3.68. The van der Waals surface area contributed by atoms with Crippen LogP contribution in [-0.2, 0) is 14.8 Å². The normalized spacial score (nSPS) is 11.6. The number of hydrogen-bond acceptors (Lipinski definition) is 4. The number of benzene rings is 2. The number of nitrogens with two attached hydrogens (primary N) is 1. The second kappa shape index (κ2) is 7.81. The SMILES string of the molecule is Nc1ccccc1NC(=O)/C=C/c1ccn(S(=O)(=O)c2ccc(Br)cc2)c1. The first kappa shape index (κ1) is 18.9. The molecule has 0 saturated carbocycles. The molecule has 2 aromatic carbocycles. The number of nitrogen functional groups attached to an aromatic ring is 1. The highest BCUT2D eigenvalue weighted by Crippen LogP contribution is 2.19. The molecule has 1 heterocycles. The van der Waals surface area contributed by atoms with Gasteiger partial charge in [0.2, 0.25) is 5.91 Å². The lowest BCUT2D eigenvalue weighted by atomic mass is 10.2. The third-order valence-electron chi connectivity index (χ3n) is 3.73. The minimum atomic E-state index is -3.68. The van der Waals surface area contributed by atoms with Crippen LogP contribution in [0.2, 0.25) is 0 Å². The van der Waals surface area contributed by atoms with E-state index in [9.17, 15) is 13.2 Å². The molecule has 0 fully saturated rings. The molecule has 0 saturated heterocycles. The summed E-state index contributed by atoms with van der Waals surface area (Å²) in [4.78, 5) is 12.2. The van der Waals surface area contributed by atoms with Gasteiger partial charge in [0.1, 0.15) is 0 Å². The van der Waals surface area contributed by atoms with Crippen LogP contribution in [-0.4, -0.2) is 18.3 Å². The number of para-hydroxylation sites is 2. The summed E-state index contributed by atoms with van der Waals surface area (Å²) in [5.74, 6) is -0.364. The van der Waals surface area contributed by atoms with Gasteiger partial charge in [0, 0.05) is 22.9 Å². The maximum Gasteiger partial charge on any atom is 0.267 e. The molecule has 0 spiro atoms. The first-order valence-corrected chi connectivity index (χ1v) is 10.1. The van der Waals surface area contributed by atoms with Crippen LogP contribution in [0.3, 0.4) is 0 Å². The van der Waals surface area contributed by atoms with Gasteiger partial charge in [0.25, 0.3) is 10.0 Å². The highest BCUT2D eigenvalue weighted by molar-refractivity contribution is 9.10. The highest BCUT2D eigenvalue weighted by Gasteiger charge is 2.16. The summed E-state index contributed by atoms with van der Waals surface area (Å²) >= 11 is 3.28. The molecular formula is C19H16BrN3O3S. The van der Waals surface area contributed by atoms with Crippen LogP contribution in [0.15, 0.2) is 82.4 Å². The first-order chi connectivity index (χ1) is 12.9. The van der Waals surface area contributed by atoms with Gasteiger partial charge in [-0.3, -0.25) is 4.79 Å². The van der Waals surface area contributed by atoms with Gasteiger partial charge in [-0.1, -0.05) is 28.1 Å². The average Bonchev–Trinajstić information content (AvgIpc) is 3.12. The Labute approximate surface area is 165 Å². The van der Waals surface area contributed by atoms with Crippen LogP contribution >= 0.6 is 15.9 Å². The molecule has 0 radical (unpaired) electrons. The zero-order valence-electron chi connectivity index (χ0n) is 14.0. The predicted molar refractivity (Wildman–Crippen MR) is 110 cm³/mol. The van der Waals surface area contributed by atoms with Crippen LogP contribution < -0.4 is 11.1 Å². The van der Waals surface area contributed by atoms with Crippen LogP contribution in [0, 0.1) is 0 Å². The van der Waals surface area contributed by atoms with E-state index in [2.05, 4.69) is 21.2 Å². The number of amides is 1. The molecular weight excluding hydrogens is 430 g/mol. The lowest BCUT2D eigenvalue weighted by Gasteiger charge is -2.05. The molecule has 0 unspecified atom stereocenters. The largest absolute Gasteiger partial charge is 0.397 e. The Hall–Kier alpha value is -2.84. The predicted octanol–water partition coefficient (Wildman–Crippen LogP) is 3.72. The highest BCUT2D eigenvalue weighted by atomic mass is 79.9. The summed E-state index contributed by atoms with van der Waals surface area (Å²) in [6.45, 7) is 0. The second-order valence-corrected chi connectivity index (χ2v) is 8.40. The number of carbonyl (C=O) groups excluding carboxylic acids is 1. The fraction of sp³-hybridized carbons (Fsp3) is 0. The number of carbonyl (C=O) groups is 1. The summed E-state index contributed by atoms with van der Waals surface area (Å²) in [6.07, 6.45) is 5.72. The Balaban J connectivity index is 1.74. The third kappa shape index (κ3) is 4.47. The molecule has 1 aromatic heterocycles. The van der Waals surface area contributed by atoms with Crippen LogP contribution in [0.25, 0.3) is 6.08 Å².